The van der Waals surface area contributed by atoms with Crippen LogP contribution in [0.2, 0.25) is 0 Å². The van der Waals surface area contributed by atoms with Crippen molar-refractivity contribution in [3.8, 4) is 5.75 Å². The number of amides is 1. The van der Waals surface area contributed by atoms with Crippen LogP contribution in [0.1, 0.15) is 55.3 Å². The first-order chi connectivity index (χ1) is 10.2. The van der Waals surface area contributed by atoms with Gasteiger partial charge in [-0.2, -0.15) is 0 Å². The van der Waals surface area contributed by atoms with Gasteiger partial charge in [0, 0.05) is 18.4 Å². The third kappa shape index (κ3) is 6.90. The van der Waals surface area contributed by atoms with Crippen LogP contribution in [0, 0.1) is 0 Å². The minimum absolute atomic E-state index is 0.150. The molecule has 0 unspecified atom stereocenters. The Morgan fingerprint density at radius 2 is 1.57 bits per heavy atom. The zero-order valence-corrected chi connectivity index (χ0v) is 12.4. The summed E-state index contributed by atoms with van der Waals surface area (Å²) >= 11 is 0. The largest absolute Gasteiger partial charge is 0.497 e. The third-order valence-electron chi connectivity index (χ3n) is 3.34. The smallest absolute Gasteiger partial charge is 0.243 e. The number of rotatable bonds is 10. The molecule has 0 saturated heterocycles. The van der Waals surface area contributed by atoms with Gasteiger partial charge in [0.05, 0.1) is 7.11 Å². The van der Waals surface area contributed by atoms with Crippen molar-refractivity contribution in [2.75, 3.05) is 7.11 Å². The molecule has 5 heteroatoms. The molecule has 116 valence electrons. The Balaban J connectivity index is 2.11. The molecule has 0 aromatic heterocycles. The average Bonchev–Trinajstić information content (AvgIpc) is 2.53. The van der Waals surface area contributed by atoms with Crippen LogP contribution in [0.3, 0.4) is 0 Å². The number of carbonyl (C=O) groups excluding carboxylic acids is 2. The number of unbranched alkanes of at least 4 members (excludes halogenated alkanes) is 4. The van der Waals surface area contributed by atoms with E-state index in [0.29, 0.717) is 12.8 Å². The van der Waals surface area contributed by atoms with Gasteiger partial charge in [0.2, 0.25) is 5.91 Å². The summed E-state index contributed by atoms with van der Waals surface area (Å²) in [5.74, 6) is 0.556. The second-order valence-corrected chi connectivity index (χ2v) is 4.95. The van der Waals surface area contributed by atoms with E-state index in [9.17, 15) is 9.59 Å². The fourth-order valence-corrected chi connectivity index (χ4v) is 2.08. The van der Waals surface area contributed by atoms with Crippen molar-refractivity contribution >= 4 is 11.7 Å². The molecule has 21 heavy (non-hydrogen) atoms. The summed E-state index contributed by atoms with van der Waals surface area (Å²) in [6.45, 7) is 0. The molecule has 1 aromatic rings. The van der Waals surface area contributed by atoms with Gasteiger partial charge in [-0.05, 0) is 37.1 Å². The molecule has 1 rings (SSSR count). The highest BCUT2D eigenvalue weighted by atomic mass is 16.5. The number of carbonyl (C=O) groups is 2. The summed E-state index contributed by atoms with van der Waals surface area (Å²) in [5, 5.41) is 8.33. The molecule has 0 bridgehead atoms. The lowest BCUT2D eigenvalue weighted by molar-refractivity contribution is -0.129. The first kappa shape index (κ1) is 17.2. The van der Waals surface area contributed by atoms with Crippen LogP contribution in [0.25, 0.3) is 0 Å². The molecule has 0 fully saturated rings. The molecule has 2 N–H and O–H groups in total. The van der Waals surface area contributed by atoms with Crippen molar-refractivity contribution in [1.29, 1.82) is 0 Å². The first-order valence-corrected chi connectivity index (χ1v) is 7.27. The summed E-state index contributed by atoms with van der Waals surface area (Å²) in [6, 6.07) is 7.15. The van der Waals surface area contributed by atoms with Gasteiger partial charge in [-0.25, -0.2) is 5.48 Å². The molecule has 0 atom stereocenters. The summed E-state index contributed by atoms with van der Waals surface area (Å²) in [5.41, 5.74) is 2.33. The van der Waals surface area contributed by atoms with Crippen LogP contribution in [0.15, 0.2) is 24.3 Å². The lowest BCUT2D eigenvalue weighted by Crippen LogP contribution is -2.17. The summed E-state index contributed by atoms with van der Waals surface area (Å²) in [6.07, 6.45) is 5.42. The number of methoxy groups -OCH3 is 1. The number of hydroxylamine groups is 1. The summed E-state index contributed by atoms with van der Waals surface area (Å²) < 4.78 is 5.05. The van der Waals surface area contributed by atoms with Crippen LogP contribution in [0.5, 0.6) is 5.75 Å². The second kappa shape index (κ2) is 9.94. The van der Waals surface area contributed by atoms with Crippen LogP contribution in [-0.2, 0) is 4.79 Å². The van der Waals surface area contributed by atoms with Gasteiger partial charge >= 0.3 is 0 Å². The highest BCUT2D eigenvalue weighted by molar-refractivity contribution is 5.96. The molecular weight excluding hydrogens is 270 g/mol. The summed E-state index contributed by atoms with van der Waals surface area (Å²) in [4.78, 5) is 22.7. The fraction of sp³-hybridized carbons (Fsp3) is 0.500. The minimum atomic E-state index is -0.343. The molecule has 0 radical (unpaired) electrons. The van der Waals surface area contributed by atoms with Gasteiger partial charge in [0.15, 0.2) is 5.78 Å². The van der Waals surface area contributed by atoms with E-state index in [1.54, 1.807) is 36.9 Å². The Labute approximate surface area is 125 Å². The van der Waals surface area contributed by atoms with Gasteiger partial charge < -0.3 is 4.74 Å². The summed E-state index contributed by atoms with van der Waals surface area (Å²) in [7, 11) is 1.60. The minimum Gasteiger partial charge on any atom is -0.497 e. The number of nitrogens with one attached hydrogen (secondary N) is 1. The van der Waals surface area contributed by atoms with E-state index in [1.807, 2.05) is 0 Å². The van der Waals surface area contributed by atoms with Crippen molar-refractivity contribution in [3.05, 3.63) is 29.8 Å². The predicted molar refractivity (Wildman–Crippen MR) is 79.6 cm³/mol. The second-order valence-electron chi connectivity index (χ2n) is 4.95. The number of hydrogen-bond donors (Lipinski definition) is 2. The zero-order chi connectivity index (χ0) is 15.5. The predicted octanol–water partition coefficient (Wildman–Crippen LogP) is 3.11. The van der Waals surface area contributed by atoms with E-state index in [1.165, 1.54) is 0 Å². The van der Waals surface area contributed by atoms with E-state index in [4.69, 9.17) is 9.94 Å². The molecular formula is C16H23NO4. The monoisotopic (exact) mass is 293 g/mol. The molecule has 1 aromatic carbocycles. The molecule has 0 aliphatic rings. The van der Waals surface area contributed by atoms with E-state index >= 15 is 0 Å². The lowest BCUT2D eigenvalue weighted by Gasteiger charge is -2.03. The van der Waals surface area contributed by atoms with Crippen molar-refractivity contribution in [1.82, 2.24) is 5.48 Å². The number of hydrogen-bond acceptors (Lipinski definition) is 4. The van der Waals surface area contributed by atoms with E-state index in [2.05, 4.69) is 0 Å². The van der Waals surface area contributed by atoms with Gasteiger partial charge in [0.1, 0.15) is 5.75 Å². The standard InChI is InChI=1S/C16H23NO4/c1-21-14-11-9-13(10-12-14)15(18)7-5-3-2-4-6-8-16(19)17-20/h9-12,20H,2-8H2,1H3,(H,17,19). The number of benzene rings is 1. The number of Topliss-reactive ketones (excluding diaryl/α,β-unsaturated/α-hetero) is 1. The van der Waals surface area contributed by atoms with Crippen molar-refractivity contribution < 1.29 is 19.5 Å². The maximum atomic E-state index is 11.9. The maximum absolute atomic E-state index is 11.9. The molecule has 0 aliphatic carbocycles. The molecule has 0 aliphatic heterocycles. The van der Waals surface area contributed by atoms with Gasteiger partial charge in [-0.15, -0.1) is 0 Å². The molecule has 0 saturated carbocycles. The number of ether oxygens (including phenoxy) is 1. The maximum Gasteiger partial charge on any atom is 0.243 e. The topological polar surface area (TPSA) is 75.6 Å². The van der Waals surface area contributed by atoms with Crippen molar-refractivity contribution in [3.63, 3.8) is 0 Å². The molecule has 0 heterocycles. The lowest BCUT2D eigenvalue weighted by atomic mass is 10.0. The Morgan fingerprint density at radius 3 is 2.14 bits per heavy atom. The normalized spacial score (nSPS) is 10.2. The fourth-order valence-electron chi connectivity index (χ4n) is 2.08. The van der Waals surface area contributed by atoms with Crippen LogP contribution in [-0.4, -0.2) is 24.0 Å². The molecule has 1 amide bonds. The Bertz CT molecular complexity index is 442. The van der Waals surface area contributed by atoms with Crippen molar-refractivity contribution in [2.24, 2.45) is 0 Å². The Kier molecular flexibility index (Phi) is 8.12. The van der Waals surface area contributed by atoms with Gasteiger partial charge in [0.25, 0.3) is 0 Å². The number of ketones is 1. The molecule has 0 spiro atoms. The van der Waals surface area contributed by atoms with Crippen LogP contribution >= 0.6 is 0 Å². The highest BCUT2D eigenvalue weighted by Crippen LogP contribution is 2.14. The van der Waals surface area contributed by atoms with E-state index in [0.717, 1.165) is 43.4 Å². The highest BCUT2D eigenvalue weighted by Gasteiger charge is 2.05. The van der Waals surface area contributed by atoms with Crippen molar-refractivity contribution in [2.45, 2.75) is 44.9 Å². The SMILES string of the molecule is COc1ccc(C(=O)CCCCCCCC(=O)NO)cc1. The Morgan fingerprint density at radius 1 is 1.00 bits per heavy atom. The Hall–Kier alpha value is -1.88. The quantitative estimate of drug-likeness (QED) is 0.301. The van der Waals surface area contributed by atoms with Crippen LogP contribution in [0.4, 0.5) is 0 Å². The van der Waals surface area contributed by atoms with Gasteiger partial charge in [-0.3, -0.25) is 14.8 Å². The first-order valence-electron chi connectivity index (χ1n) is 7.27. The van der Waals surface area contributed by atoms with E-state index in [-0.39, 0.29) is 11.7 Å². The van der Waals surface area contributed by atoms with Gasteiger partial charge in [-0.1, -0.05) is 19.3 Å². The van der Waals surface area contributed by atoms with E-state index < -0.39 is 0 Å². The zero-order valence-electron chi connectivity index (χ0n) is 12.4. The third-order valence-corrected chi connectivity index (χ3v) is 3.34. The van der Waals surface area contributed by atoms with Crippen LogP contribution < -0.4 is 10.2 Å². The molecule has 5 nitrogen and oxygen atoms in total. The average molecular weight is 293 g/mol.